The van der Waals surface area contributed by atoms with Crippen molar-refractivity contribution >= 4 is 43.4 Å². The highest BCUT2D eigenvalue weighted by Gasteiger charge is 2.18. The number of rotatable bonds is 3. The molecule has 0 saturated heterocycles. The van der Waals surface area contributed by atoms with Gasteiger partial charge in [-0.2, -0.15) is 0 Å². The fourth-order valence-corrected chi connectivity index (χ4v) is 6.29. The standard InChI is InChI=1S/C38H26N2/c1-40-35-24-29(21-22-34(35)39-38(40)26-12-3-2-4-13-26)37-32-17-9-7-15-30(32)36(31-16-8-10-18-33(31)37)28-20-19-25-11-5-6-14-27(25)23-28/h2-24H,1H3. The summed E-state index contributed by atoms with van der Waals surface area (Å²) in [5.74, 6) is 0.981. The molecule has 0 spiro atoms. The molecule has 188 valence electrons. The van der Waals surface area contributed by atoms with Crippen molar-refractivity contribution in [2.45, 2.75) is 0 Å². The molecule has 2 nitrogen and oxygen atoms in total. The quantitative estimate of drug-likeness (QED) is 0.216. The van der Waals surface area contributed by atoms with E-state index in [4.69, 9.17) is 4.98 Å². The lowest BCUT2D eigenvalue weighted by Gasteiger charge is -2.18. The molecular formula is C38H26N2. The molecule has 0 atom stereocenters. The van der Waals surface area contributed by atoms with E-state index in [-0.39, 0.29) is 0 Å². The molecule has 0 aliphatic rings. The number of aromatic nitrogens is 2. The molecular weight excluding hydrogens is 484 g/mol. The molecule has 40 heavy (non-hydrogen) atoms. The topological polar surface area (TPSA) is 17.8 Å². The number of imidazole rings is 1. The second-order valence-electron chi connectivity index (χ2n) is 10.5. The van der Waals surface area contributed by atoms with E-state index in [0.717, 1.165) is 22.4 Å². The van der Waals surface area contributed by atoms with Crippen molar-refractivity contribution in [3.8, 4) is 33.6 Å². The Morgan fingerprint density at radius 2 is 0.975 bits per heavy atom. The van der Waals surface area contributed by atoms with Crippen molar-refractivity contribution in [2.24, 2.45) is 7.05 Å². The van der Waals surface area contributed by atoms with Gasteiger partial charge in [0.05, 0.1) is 11.0 Å². The molecule has 0 saturated carbocycles. The summed E-state index contributed by atoms with van der Waals surface area (Å²) in [6.45, 7) is 0. The fourth-order valence-electron chi connectivity index (χ4n) is 6.29. The summed E-state index contributed by atoms with van der Waals surface area (Å²) >= 11 is 0. The van der Waals surface area contributed by atoms with E-state index in [9.17, 15) is 0 Å². The summed E-state index contributed by atoms with van der Waals surface area (Å²) in [5, 5.41) is 7.57. The molecule has 8 rings (SSSR count). The number of aryl methyl sites for hydroxylation is 1. The molecule has 0 fully saturated rings. The average molecular weight is 511 g/mol. The Bertz CT molecular complexity index is 2160. The highest BCUT2D eigenvalue weighted by atomic mass is 15.1. The van der Waals surface area contributed by atoms with Gasteiger partial charge in [0.15, 0.2) is 0 Å². The first-order valence-corrected chi connectivity index (χ1v) is 13.7. The van der Waals surface area contributed by atoms with Crippen LogP contribution >= 0.6 is 0 Å². The van der Waals surface area contributed by atoms with Crippen molar-refractivity contribution < 1.29 is 0 Å². The maximum Gasteiger partial charge on any atom is 0.140 e. The second kappa shape index (κ2) is 8.93. The molecule has 8 aromatic rings. The van der Waals surface area contributed by atoms with Crippen molar-refractivity contribution in [3.05, 3.63) is 140 Å². The van der Waals surface area contributed by atoms with Gasteiger partial charge in [-0.3, -0.25) is 0 Å². The number of hydrogen-bond acceptors (Lipinski definition) is 1. The van der Waals surface area contributed by atoms with Crippen LogP contribution in [-0.2, 0) is 7.05 Å². The molecule has 0 bridgehead atoms. The van der Waals surface area contributed by atoms with Gasteiger partial charge >= 0.3 is 0 Å². The number of nitrogens with zero attached hydrogens (tertiary/aromatic N) is 2. The molecule has 0 aliphatic carbocycles. The Morgan fingerprint density at radius 3 is 1.62 bits per heavy atom. The SMILES string of the molecule is Cn1c(-c2ccccc2)nc2ccc(-c3c4ccccc4c(-c4ccc5ccccc5c4)c4ccccc34)cc21. The molecule has 7 aromatic carbocycles. The van der Waals surface area contributed by atoms with Gasteiger partial charge in [-0.05, 0) is 72.8 Å². The minimum Gasteiger partial charge on any atom is -0.327 e. The normalized spacial score (nSPS) is 11.6. The Balaban J connectivity index is 1.42. The molecule has 0 unspecified atom stereocenters. The van der Waals surface area contributed by atoms with Crippen molar-refractivity contribution in [1.82, 2.24) is 9.55 Å². The minimum atomic E-state index is 0.981. The van der Waals surface area contributed by atoms with Crippen LogP contribution in [0.3, 0.4) is 0 Å². The van der Waals surface area contributed by atoms with E-state index >= 15 is 0 Å². The lowest BCUT2D eigenvalue weighted by atomic mass is 9.85. The smallest absolute Gasteiger partial charge is 0.140 e. The third-order valence-corrected chi connectivity index (χ3v) is 8.17. The van der Waals surface area contributed by atoms with Crippen molar-refractivity contribution in [1.29, 1.82) is 0 Å². The maximum atomic E-state index is 4.98. The van der Waals surface area contributed by atoms with Gasteiger partial charge in [0.25, 0.3) is 0 Å². The summed E-state index contributed by atoms with van der Waals surface area (Å²) in [6, 6.07) is 50.2. The van der Waals surface area contributed by atoms with Gasteiger partial charge < -0.3 is 4.57 Å². The zero-order valence-corrected chi connectivity index (χ0v) is 22.2. The van der Waals surface area contributed by atoms with Crippen LogP contribution in [0.25, 0.3) is 77.0 Å². The lowest BCUT2D eigenvalue weighted by molar-refractivity contribution is 0.959. The predicted octanol–water partition coefficient (Wildman–Crippen LogP) is 10.0. The molecule has 1 aromatic heterocycles. The first-order valence-electron chi connectivity index (χ1n) is 13.7. The molecule has 0 amide bonds. The Kier molecular flexibility index (Phi) is 5.08. The molecule has 2 heteroatoms. The van der Waals surface area contributed by atoms with E-state index in [2.05, 4.69) is 145 Å². The lowest BCUT2D eigenvalue weighted by Crippen LogP contribution is -1.93. The Morgan fingerprint density at radius 1 is 0.450 bits per heavy atom. The highest BCUT2D eigenvalue weighted by molar-refractivity contribution is 6.22. The van der Waals surface area contributed by atoms with Gasteiger partial charge in [-0.15, -0.1) is 0 Å². The summed E-state index contributed by atoms with van der Waals surface area (Å²) < 4.78 is 2.21. The number of hydrogen-bond donors (Lipinski definition) is 0. The third kappa shape index (κ3) is 3.47. The van der Waals surface area contributed by atoms with Crippen LogP contribution in [0.2, 0.25) is 0 Å². The van der Waals surface area contributed by atoms with Crippen LogP contribution in [0.15, 0.2) is 140 Å². The van der Waals surface area contributed by atoms with Gasteiger partial charge in [-0.1, -0.05) is 121 Å². The van der Waals surface area contributed by atoms with Gasteiger partial charge in [0.1, 0.15) is 5.82 Å². The third-order valence-electron chi connectivity index (χ3n) is 8.17. The van der Waals surface area contributed by atoms with Crippen molar-refractivity contribution in [2.75, 3.05) is 0 Å². The summed E-state index contributed by atoms with van der Waals surface area (Å²) in [6.07, 6.45) is 0. The molecule has 0 N–H and O–H groups in total. The zero-order chi connectivity index (χ0) is 26.6. The average Bonchev–Trinajstić information content (AvgIpc) is 3.35. The second-order valence-corrected chi connectivity index (χ2v) is 10.5. The summed E-state index contributed by atoms with van der Waals surface area (Å²) in [4.78, 5) is 4.98. The maximum absolute atomic E-state index is 4.98. The van der Waals surface area contributed by atoms with Crippen LogP contribution in [0, 0.1) is 0 Å². The summed E-state index contributed by atoms with van der Waals surface area (Å²) in [7, 11) is 2.11. The van der Waals surface area contributed by atoms with Crippen LogP contribution < -0.4 is 0 Å². The van der Waals surface area contributed by atoms with Crippen LogP contribution in [-0.4, -0.2) is 9.55 Å². The van der Waals surface area contributed by atoms with Crippen molar-refractivity contribution in [3.63, 3.8) is 0 Å². The van der Waals surface area contributed by atoms with Crippen LogP contribution in [0.5, 0.6) is 0 Å². The zero-order valence-electron chi connectivity index (χ0n) is 22.2. The predicted molar refractivity (Wildman–Crippen MR) is 170 cm³/mol. The van der Waals surface area contributed by atoms with Gasteiger partial charge in [0.2, 0.25) is 0 Å². The summed E-state index contributed by atoms with van der Waals surface area (Å²) in [5.41, 5.74) is 8.25. The van der Waals surface area contributed by atoms with E-state index in [1.807, 2.05) is 6.07 Å². The first kappa shape index (κ1) is 22.7. The van der Waals surface area contributed by atoms with Crippen LogP contribution in [0.1, 0.15) is 0 Å². The van der Waals surface area contributed by atoms with Gasteiger partial charge in [-0.25, -0.2) is 4.98 Å². The first-order chi connectivity index (χ1) is 19.8. The monoisotopic (exact) mass is 510 g/mol. The fraction of sp³-hybridized carbons (Fsp3) is 0.0263. The Hall–Kier alpha value is -5.21. The van der Waals surface area contributed by atoms with E-state index in [1.165, 1.54) is 54.6 Å². The van der Waals surface area contributed by atoms with E-state index in [1.54, 1.807) is 0 Å². The minimum absolute atomic E-state index is 0.981. The highest BCUT2D eigenvalue weighted by Crippen LogP contribution is 2.44. The molecule has 0 aliphatic heterocycles. The van der Waals surface area contributed by atoms with Gasteiger partial charge in [0, 0.05) is 12.6 Å². The number of benzene rings is 7. The largest absolute Gasteiger partial charge is 0.327 e. The molecule has 1 heterocycles. The molecule has 0 radical (unpaired) electrons. The number of fused-ring (bicyclic) bond motifs is 4. The van der Waals surface area contributed by atoms with E-state index < -0.39 is 0 Å². The van der Waals surface area contributed by atoms with E-state index in [0.29, 0.717) is 0 Å². The van der Waals surface area contributed by atoms with Crippen LogP contribution in [0.4, 0.5) is 0 Å². The Labute approximate surface area is 232 Å².